The molecule has 2 amide bonds. The monoisotopic (exact) mass is 1240 g/mol. The van der Waals surface area contributed by atoms with Crippen molar-refractivity contribution in [2.24, 2.45) is 35.3 Å². The van der Waals surface area contributed by atoms with Crippen LogP contribution in [0, 0.1) is 29.6 Å². The van der Waals surface area contributed by atoms with Gasteiger partial charge in [-0.25, -0.2) is 19.6 Å². The van der Waals surface area contributed by atoms with Crippen LogP contribution >= 0.6 is 0 Å². The van der Waals surface area contributed by atoms with Gasteiger partial charge in [0.1, 0.15) is 36.2 Å². The lowest BCUT2D eigenvalue weighted by molar-refractivity contribution is -0.265. The number of allylic oxidation sites excluding steroid dienone is 6. The highest BCUT2D eigenvalue weighted by molar-refractivity contribution is 6.39. The van der Waals surface area contributed by atoms with Gasteiger partial charge in [-0.1, -0.05) is 64.2 Å². The molecule has 4 aliphatic heterocycles. The van der Waals surface area contributed by atoms with Crippen LogP contribution in [0.3, 0.4) is 0 Å². The number of fused-ring (bicyclic) bond motifs is 3. The first-order chi connectivity index (χ1) is 42.1. The summed E-state index contributed by atoms with van der Waals surface area (Å²) in [6.07, 6.45) is 11.8. The van der Waals surface area contributed by atoms with Crippen LogP contribution in [0.15, 0.2) is 60.0 Å². The fraction of sp³-hybridized carbons (Fsp3) is 0.723. The van der Waals surface area contributed by atoms with Crippen LogP contribution in [0.25, 0.3) is 0 Å². The van der Waals surface area contributed by atoms with Gasteiger partial charge < -0.3 is 69.0 Å². The number of aliphatic hydroxyl groups is 2. The maximum Gasteiger partial charge on any atom is 0.407 e. The zero-order chi connectivity index (χ0) is 64.1. The minimum Gasteiger partial charge on any atom is -0.459 e. The summed E-state index contributed by atoms with van der Waals surface area (Å²) in [5.74, 6) is -7.92. The number of nitrogens with zero attached hydrogens (tertiary/aromatic N) is 5. The molecule has 1 saturated carbocycles. The Hall–Kier alpha value is -5.34. The van der Waals surface area contributed by atoms with Crippen molar-refractivity contribution in [3.63, 3.8) is 0 Å². The summed E-state index contributed by atoms with van der Waals surface area (Å²) in [4.78, 5) is 99.8. The number of ketones is 3. The highest BCUT2D eigenvalue weighted by Gasteiger charge is 2.53. The van der Waals surface area contributed by atoms with Crippen molar-refractivity contribution in [1.29, 1.82) is 0 Å². The van der Waals surface area contributed by atoms with Crippen molar-refractivity contribution in [1.82, 2.24) is 25.1 Å². The molecule has 23 nitrogen and oxygen atoms in total. The van der Waals surface area contributed by atoms with E-state index in [1.165, 1.54) is 14.2 Å². The predicted molar refractivity (Wildman–Crippen MR) is 328 cm³/mol. The molecule has 2 bridgehead atoms. The quantitative estimate of drug-likeness (QED) is 0.0699. The van der Waals surface area contributed by atoms with E-state index < -0.39 is 102 Å². The molecule has 1 aromatic rings. The van der Waals surface area contributed by atoms with Crippen LogP contribution in [-0.4, -0.2) is 213 Å². The number of cyclic esters (lactones) is 1. The lowest BCUT2D eigenvalue weighted by atomic mass is 9.80. The molecule has 15 atom stereocenters. The van der Waals surface area contributed by atoms with Gasteiger partial charge in [0.15, 0.2) is 5.78 Å². The molecule has 0 radical (unpaired) electrons. The van der Waals surface area contributed by atoms with E-state index >= 15 is 0 Å². The van der Waals surface area contributed by atoms with E-state index in [1.54, 1.807) is 60.4 Å². The second-order valence-corrected chi connectivity index (χ2v) is 24.8. The van der Waals surface area contributed by atoms with E-state index in [0.29, 0.717) is 88.3 Å². The van der Waals surface area contributed by atoms with Crippen molar-refractivity contribution in [2.45, 2.75) is 186 Å². The Labute approximate surface area is 520 Å². The van der Waals surface area contributed by atoms with Crippen molar-refractivity contribution in [2.75, 3.05) is 92.4 Å². The van der Waals surface area contributed by atoms with Crippen LogP contribution in [-0.2, 0) is 68.4 Å². The van der Waals surface area contributed by atoms with E-state index in [0.717, 1.165) is 43.2 Å². The van der Waals surface area contributed by atoms with Gasteiger partial charge in [0.25, 0.3) is 11.7 Å². The number of ether oxygens (including phenoxy) is 8. The van der Waals surface area contributed by atoms with Crippen LogP contribution in [0.5, 0.6) is 0 Å². The van der Waals surface area contributed by atoms with Crippen LogP contribution < -0.4 is 16.0 Å². The molecule has 5 aliphatic rings. The number of carbonyl (C=O) groups excluding carboxylic acids is 6. The lowest BCUT2D eigenvalue weighted by Gasteiger charge is -2.42. The lowest BCUT2D eigenvalue weighted by Crippen LogP contribution is -2.61. The average Bonchev–Trinajstić information content (AvgIpc) is 3.59. The van der Waals surface area contributed by atoms with E-state index in [4.69, 9.17) is 43.6 Å². The van der Waals surface area contributed by atoms with Gasteiger partial charge >= 0.3 is 12.1 Å². The first-order valence-corrected chi connectivity index (χ1v) is 31.6. The van der Waals surface area contributed by atoms with Crippen molar-refractivity contribution < 1.29 is 76.9 Å². The number of piperazine rings is 1. The molecule has 0 spiro atoms. The molecule has 88 heavy (non-hydrogen) atoms. The zero-order valence-corrected chi connectivity index (χ0v) is 53.7. The summed E-state index contributed by atoms with van der Waals surface area (Å²) in [5, 5.41) is 26.5. The first kappa shape index (κ1) is 71.7. The summed E-state index contributed by atoms with van der Waals surface area (Å²) >= 11 is 0. The smallest absolute Gasteiger partial charge is 0.407 e. The van der Waals surface area contributed by atoms with Crippen LogP contribution in [0.4, 0.5) is 10.7 Å². The maximum atomic E-state index is 14.7. The number of methoxy groups -OCH3 is 4. The fourth-order valence-electron chi connectivity index (χ4n) is 12.6. The Bertz CT molecular complexity index is 2560. The number of carbonyl (C=O) groups is 6. The van der Waals surface area contributed by atoms with Crippen molar-refractivity contribution in [3.8, 4) is 0 Å². The number of nitrogens with two attached hydrogens (primary N) is 1. The van der Waals surface area contributed by atoms with E-state index in [1.807, 2.05) is 44.2 Å². The predicted octanol–water partition coefficient (Wildman–Crippen LogP) is 5.38. The minimum atomic E-state index is -2.49. The number of hydrogen-bond acceptors (Lipinski definition) is 21. The van der Waals surface area contributed by atoms with Crippen molar-refractivity contribution in [3.05, 3.63) is 65.6 Å². The normalized spacial score (nSPS) is 34.1. The number of anilines is 1. The van der Waals surface area contributed by atoms with Crippen molar-refractivity contribution >= 4 is 41.3 Å². The van der Waals surface area contributed by atoms with Gasteiger partial charge in [-0.3, -0.25) is 24.1 Å². The molecular weight excluding hydrogens is 1130 g/mol. The molecule has 6 rings (SSSR count). The summed E-state index contributed by atoms with van der Waals surface area (Å²) in [7, 11) is 6.11. The number of hydrogen-bond donors (Lipinski definition) is 4. The maximum absolute atomic E-state index is 14.7. The molecule has 492 valence electrons. The number of esters is 1. The van der Waals surface area contributed by atoms with Gasteiger partial charge in [0, 0.05) is 129 Å². The second kappa shape index (κ2) is 35.3. The number of aromatic nitrogens is 2. The Morgan fingerprint density at radius 1 is 0.830 bits per heavy atom. The SMILES string of the molecule is COCCOCCN1CCN(c2ncc(CNC(=O)O[C@@H]3CC[C@@H](C[C@@H](N)[C@@H]4CC(=O)[C@H](C)/C=C(\C)[C@@H](O)[C@@H](OC)C(=O)[C@H](C)C[C@H](C)/C=C/C=C/C=C(\C)[C@@H](OC)C[C@@H]5CC[C@@H](C)[C@@](O)(O5)C(=O)C(=O)N5CCCC[C@H]5C(=O)O4)C[C@H]3OC)cn2)CC1. The number of rotatable bonds is 16. The fourth-order valence-corrected chi connectivity index (χ4v) is 12.6. The first-order valence-electron chi connectivity index (χ1n) is 31.6. The standard InChI is InChI=1S/C65H101N7O16/c1-41-16-12-11-13-17-42(2)54(82-8)36-49-21-19-46(6)65(80,88-49)60(76)61(77)72-23-15-14-18-51(72)62(78)86-55(37-52(73)43(3)33-45(5)58(75)59(84-10)57(74)44(4)32-41)50(66)34-47-20-22-53(56(35-47)83-9)87-64(79)69-40-48-38-67-63(68-39-48)71-26-24-70(25-27-71)28-29-85-31-30-81-7/h11-13,16-17,33,38-39,41,43-44,46-47,49-51,53-56,58-59,75,80H,14-15,18-32,34-37,40,66H2,1-10H3,(H,69,79)/b13-11+,16-12+,42-17+,45-33+/t41-,43-,44-,46-,47+,49+,50-,51+,53-,54+,55+,56-,58-,59+,65-/m1/s1. The molecule has 3 saturated heterocycles. The second-order valence-electron chi connectivity index (χ2n) is 24.8. The summed E-state index contributed by atoms with van der Waals surface area (Å²) < 4.78 is 46.4. The number of amides is 2. The topological polar surface area (TPSA) is 290 Å². The third-order valence-electron chi connectivity index (χ3n) is 18.2. The van der Waals surface area contributed by atoms with Gasteiger partial charge in [-0.05, 0) is 101 Å². The van der Waals surface area contributed by atoms with Gasteiger partial charge in [0.2, 0.25) is 11.7 Å². The average molecular weight is 1240 g/mol. The van der Waals surface area contributed by atoms with E-state index in [9.17, 15) is 39.0 Å². The Balaban J connectivity index is 1.15. The summed E-state index contributed by atoms with van der Waals surface area (Å²) in [5.41, 5.74) is 8.92. The number of piperidine rings is 1. The number of alkyl carbamates (subject to hydrolysis) is 1. The highest BCUT2D eigenvalue weighted by atomic mass is 16.6. The van der Waals surface area contributed by atoms with Gasteiger partial charge in [0.05, 0.1) is 38.1 Å². The number of nitrogens with one attached hydrogen (secondary N) is 1. The molecule has 0 unspecified atom stereocenters. The molecule has 4 fully saturated rings. The minimum absolute atomic E-state index is 0.0167. The molecule has 5 N–H and O–H groups in total. The Morgan fingerprint density at radius 3 is 2.26 bits per heavy atom. The third-order valence-corrected chi connectivity index (χ3v) is 18.2. The van der Waals surface area contributed by atoms with E-state index in [-0.39, 0.29) is 62.2 Å². The molecular formula is C65H101N7O16. The Kier molecular flexibility index (Phi) is 28.8. The molecule has 5 heterocycles. The largest absolute Gasteiger partial charge is 0.459 e. The highest BCUT2D eigenvalue weighted by Crippen LogP contribution is 2.38. The summed E-state index contributed by atoms with van der Waals surface area (Å²) in [6.45, 7) is 16.7. The molecule has 0 aromatic carbocycles. The van der Waals surface area contributed by atoms with Crippen LogP contribution in [0.2, 0.25) is 0 Å². The molecule has 23 heteroatoms. The zero-order valence-electron chi connectivity index (χ0n) is 53.7. The van der Waals surface area contributed by atoms with E-state index in [2.05, 4.69) is 25.1 Å². The number of Topliss-reactive ketones (excluding diaryl/α,β-unsaturated/α-hetero) is 3. The third kappa shape index (κ3) is 20.3. The Morgan fingerprint density at radius 2 is 1.57 bits per heavy atom. The van der Waals surface area contributed by atoms with Crippen LogP contribution in [0.1, 0.15) is 124 Å². The summed E-state index contributed by atoms with van der Waals surface area (Å²) in [6, 6.07) is -2.18. The number of aliphatic hydroxyl groups excluding tert-OH is 1. The molecule has 1 aromatic heterocycles. The van der Waals surface area contributed by atoms with Gasteiger partial charge in [-0.15, -0.1) is 0 Å². The molecule has 1 aliphatic carbocycles. The van der Waals surface area contributed by atoms with Gasteiger partial charge in [-0.2, -0.15) is 0 Å².